The summed E-state index contributed by atoms with van der Waals surface area (Å²) < 4.78 is 6.11. The molecular weight excluding hydrogens is 390 g/mol. The highest BCUT2D eigenvalue weighted by Gasteiger charge is 2.18. The summed E-state index contributed by atoms with van der Waals surface area (Å²) in [6, 6.07) is 24.4. The molecule has 0 unspecified atom stereocenters. The molecule has 0 aliphatic rings. The Bertz CT molecular complexity index is 1300. The fourth-order valence-corrected chi connectivity index (χ4v) is 3.41. The second kappa shape index (κ2) is 8.67. The van der Waals surface area contributed by atoms with Crippen LogP contribution in [0.4, 0.5) is 5.69 Å². The molecule has 0 bridgehead atoms. The van der Waals surface area contributed by atoms with Crippen LogP contribution in [0.25, 0.3) is 22.4 Å². The summed E-state index contributed by atoms with van der Waals surface area (Å²) in [4.78, 5) is 23.9. The summed E-state index contributed by atoms with van der Waals surface area (Å²) in [5.74, 6) is 1.15. The normalized spacial score (nSPS) is 10.5. The molecule has 4 aromatic rings. The van der Waals surface area contributed by atoms with Gasteiger partial charge in [-0.05, 0) is 48.9 Å². The van der Waals surface area contributed by atoms with E-state index in [-0.39, 0.29) is 11.5 Å². The summed E-state index contributed by atoms with van der Waals surface area (Å²) in [6.45, 7) is 3.21. The number of nitrogens with zero attached hydrogens (tertiary/aromatic N) is 1. The van der Waals surface area contributed by atoms with Crippen molar-refractivity contribution >= 4 is 11.6 Å². The van der Waals surface area contributed by atoms with E-state index in [1.165, 1.54) is 6.92 Å². The molecule has 1 amide bonds. The first-order valence-electron chi connectivity index (χ1n) is 9.82. The van der Waals surface area contributed by atoms with Gasteiger partial charge >= 0.3 is 0 Å². The van der Waals surface area contributed by atoms with Gasteiger partial charge in [-0.1, -0.05) is 42.5 Å². The van der Waals surface area contributed by atoms with E-state index in [4.69, 9.17) is 4.74 Å². The van der Waals surface area contributed by atoms with Gasteiger partial charge in [0.15, 0.2) is 0 Å². The van der Waals surface area contributed by atoms with Gasteiger partial charge in [0.2, 0.25) is 5.91 Å². The number of carbonyl (C=O) groups excluding carboxylic acids is 1. The van der Waals surface area contributed by atoms with Crippen LogP contribution in [0.1, 0.15) is 12.5 Å². The van der Waals surface area contributed by atoms with Gasteiger partial charge in [-0.25, -0.2) is 5.10 Å². The summed E-state index contributed by atoms with van der Waals surface area (Å²) >= 11 is 0. The minimum Gasteiger partial charge on any atom is -0.457 e. The molecule has 1 heterocycles. The first-order valence-corrected chi connectivity index (χ1v) is 9.82. The SMILES string of the molecule is CC(=O)Nc1cccc(-c2c(-c3ccccc3Oc3ccccc3)n[nH]c(=O)c2C)c1. The Balaban J connectivity index is 1.88. The average molecular weight is 411 g/mol. The van der Waals surface area contributed by atoms with Crippen molar-refractivity contribution in [3.05, 3.63) is 94.8 Å². The van der Waals surface area contributed by atoms with Crippen molar-refractivity contribution < 1.29 is 9.53 Å². The van der Waals surface area contributed by atoms with Crippen molar-refractivity contribution in [3.8, 4) is 33.9 Å². The monoisotopic (exact) mass is 411 g/mol. The standard InChI is InChI=1S/C25H21N3O3/c1-16-23(18-9-8-10-19(15-18)26-17(2)29)24(27-28-25(16)30)21-13-6-7-14-22(21)31-20-11-4-3-5-12-20/h3-15H,1-2H3,(H,26,29)(H,28,30). The van der Waals surface area contributed by atoms with Crippen LogP contribution in [0.2, 0.25) is 0 Å². The average Bonchev–Trinajstić information content (AvgIpc) is 2.76. The second-order valence-corrected chi connectivity index (χ2v) is 7.07. The number of hydrogen-bond donors (Lipinski definition) is 2. The Labute approximate surface area is 179 Å². The zero-order valence-electron chi connectivity index (χ0n) is 17.2. The van der Waals surface area contributed by atoms with E-state index in [0.717, 1.165) is 11.1 Å². The maximum absolute atomic E-state index is 12.4. The lowest BCUT2D eigenvalue weighted by molar-refractivity contribution is -0.114. The molecule has 0 aliphatic carbocycles. The molecule has 0 saturated carbocycles. The number of rotatable bonds is 5. The third-order valence-corrected chi connectivity index (χ3v) is 4.81. The van der Waals surface area contributed by atoms with Crippen molar-refractivity contribution in [2.45, 2.75) is 13.8 Å². The first-order chi connectivity index (χ1) is 15.0. The van der Waals surface area contributed by atoms with E-state index in [0.29, 0.717) is 34.0 Å². The molecule has 154 valence electrons. The largest absolute Gasteiger partial charge is 0.457 e. The summed E-state index contributed by atoms with van der Waals surface area (Å²) in [5, 5.41) is 9.74. The van der Waals surface area contributed by atoms with Crippen LogP contribution in [0.15, 0.2) is 83.7 Å². The van der Waals surface area contributed by atoms with E-state index < -0.39 is 0 Å². The predicted octanol–water partition coefficient (Wildman–Crippen LogP) is 5.16. The molecule has 2 N–H and O–H groups in total. The molecule has 4 rings (SSSR count). The minimum absolute atomic E-state index is 0.167. The van der Waals surface area contributed by atoms with Crippen molar-refractivity contribution in [2.24, 2.45) is 0 Å². The van der Waals surface area contributed by atoms with E-state index in [2.05, 4.69) is 15.5 Å². The Morgan fingerprint density at radius 1 is 0.968 bits per heavy atom. The highest BCUT2D eigenvalue weighted by molar-refractivity contribution is 5.91. The fraction of sp³-hybridized carbons (Fsp3) is 0.0800. The number of para-hydroxylation sites is 2. The number of aromatic nitrogens is 2. The molecule has 0 radical (unpaired) electrons. The zero-order chi connectivity index (χ0) is 21.8. The summed E-state index contributed by atoms with van der Waals surface area (Å²) in [6.07, 6.45) is 0. The van der Waals surface area contributed by atoms with E-state index in [1.807, 2.05) is 72.8 Å². The smallest absolute Gasteiger partial charge is 0.267 e. The van der Waals surface area contributed by atoms with Gasteiger partial charge < -0.3 is 10.1 Å². The van der Waals surface area contributed by atoms with Crippen LogP contribution in [-0.4, -0.2) is 16.1 Å². The predicted molar refractivity (Wildman–Crippen MR) is 121 cm³/mol. The van der Waals surface area contributed by atoms with Crippen molar-refractivity contribution in [3.63, 3.8) is 0 Å². The molecule has 0 fully saturated rings. The van der Waals surface area contributed by atoms with Gasteiger partial charge in [-0.15, -0.1) is 0 Å². The molecule has 3 aromatic carbocycles. The first kappa shape index (κ1) is 20.1. The fourth-order valence-electron chi connectivity index (χ4n) is 3.41. The van der Waals surface area contributed by atoms with Gasteiger partial charge in [0.25, 0.3) is 5.56 Å². The molecule has 6 nitrogen and oxygen atoms in total. The Kier molecular flexibility index (Phi) is 5.62. The van der Waals surface area contributed by atoms with Crippen LogP contribution < -0.4 is 15.6 Å². The van der Waals surface area contributed by atoms with Crippen LogP contribution in [0, 0.1) is 6.92 Å². The number of benzene rings is 3. The third-order valence-electron chi connectivity index (χ3n) is 4.81. The molecule has 1 aromatic heterocycles. The number of carbonyl (C=O) groups is 1. The van der Waals surface area contributed by atoms with Gasteiger partial charge in [0, 0.05) is 29.3 Å². The van der Waals surface area contributed by atoms with E-state index in [9.17, 15) is 9.59 Å². The van der Waals surface area contributed by atoms with Crippen LogP contribution in [0.5, 0.6) is 11.5 Å². The molecule has 0 aliphatic heterocycles. The quantitative estimate of drug-likeness (QED) is 0.475. The maximum Gasteiger partial charge on any atom is 0.267 e. The van der Waals surface area contributed by atoms with Crippen LogP contribution in [0.3, 0.4) is 0 Å². The maximum atomic E-state index is 12.4. The lowest BCUT2D eigenvalue weighted by atomic mass is 9.95. The number of aromatic amines is 1. The number of hydrogen-bond acceptors (Lipinski definition) is 4. The Morgan fingerprint density at radius 3 is 2.48 bits per heavy atom. The molecule has 0 atom stereocenters. The highest BCUT2D eigenvalue weighted by Crippen LogP contribution is 2.38. The van der Waals surface area contributed by atoms with Crippen molar-refractivity contribution in [1.82, 2.24) is 10.2 Å². The molecular formula is C25H21N3O3. The number of H-pyrrole nitrogens is 1. The topological polar surface area (TPSA) is 84.1 Å². The summed E-state index contributed by atoms with van der Waals surface area (Å²) in [5.41, 5.74) is 3.68. The number of amides is 1. The Hall–Kier alpha value is -4.19. The van der Waals surface area contributed by atoms with Crippen molar-refractivity contribution in [1.29, 1.82) is 0 Å². The van der Waals surface area contributed by atoms with Crippen LogP contribution >= 0.6 is 0 Å². The lowest BCUT2D eigenvalue weighted by Crippen LogP contribution is -2.14. The second-order valence-electron chi connectivity index (χ2n) is 7.07. The third kappa shape index (κ3) is 4.38. The molecule has 0 saturated heterocycles. The number of anilines is 1. The van der Waals surface area contributed by atoms with Gasteiger partial charge in [0.05, 0.1) is 0 Å². The molecule has 31 heavy (non-hydrogen) atoms. The number of ether oxygens (including phenoxy) is 1. The Morgan fingerprint density at radius 2 is 1.71 bits per heavy atom. The molecule has 6 heteroatoms. The van der Waals surface area contributed by atoms with Crippen molar-refractivity contribution in [2.75, 3.05) is 5.32 Å². The minimum atomic E-state index is -0.273. The van der Waals surface area contributed by atoms with Gasteiger partial charge in [-0.3, -0.25) is 9.59 Å². The summed E-state index contributed by atoms with van der Waals surface area (Å²) in [7, 11) is 0. The van der Waals surface area contributed by atoms with E-state index >= 15 is 0 Å². The van der Waals surface area contributed by atoms with E-state index in [1.54, 1.807) is 13.0 Å². The lowest BCUT2D eigenvalue weighted by Gasteiger charge is -2.15. The molecule has 0 spiro atoms. The van der Waals surface area contributed by atoms with Gasteiger partial charge in [-0.2, -0.15) is 5.10 Å². The van der Waals surface area contributed by atoms with Crippen LogP contribution in [-0.2, 0) is 4.79 Å². The number of nitrogens with one attached hydrogen (secondary N) is 2. The zero-order valence-corrected chi connectivity index (χ0v) is 17.2. The van der Waals surface area contributed by atoms with Gasteiger partial charge in [0.1, 0.15) is 17.2 Å². The highest BCUT2D eigenvalue weighted by atomic mass is 16.5.